The highest BCUT2D eigenvalue weighted by Gasteiger charge is 2.18. The van der Waals surface area contributed by atoms with Crippen LogP contribution in [0.3, 0.4) is 0 Å². The van der Waals surface area contributed by atoms with Crippen molar-refractivity contribution in [2.75, 3.05) is 0 Å². The summed E-state index contributed by atoms with van der Waals surface area (Å²) in [6, 6.07) is 4.44. The molecular formula is C11H12BrFN4. The van der Waals surface area contributed by atoms with E-state index in [1.165, 1.54) is 6.07 Å². The Morgan fingerprint density at radius 1 is 1.47 bits per heavy atom. The summed E-state index contributed by atoms with van der Waals surface area (Å²) in [6.07, 6.45) is 0. The fourth-order valence-corrected chi connectivity index (χ4v) is 2.26. The molecule has 2 rings (SSSR count). The van der Waals surface area contributed by atoms with Gasteiger partial charge in [0.15, 0.2) is 4.60 Å². The fraction of sp³-hybridized carbons (Fsp3) is 0.273. The van der Waals surface area contributed by atoms with E-state index in [4.69, 9.17) is 5.73 Å². The summed E-state index contributed by atoms with van der Waals surface area (Å²) in [5.74, 6) is -0.233. The summed E-state index contributed by atoms with van der Waals surface area (Å²) < 4.78 is 15.4. The van der Waals surface area contributed by atoms with Crippen LogP contribution in [0.4, 0.5) is 4.39 Å². The molecule has 0 saturated carbocycles. The molecule has 0 bridgehead atoms. The van der Waals surface area contributed by atoms with Gasteiger partial charge >= 0.3 is 0 Å². The van der Waals surface area contributed by atoms with Crippen LogP contribution in [0.5, 0.6) is 0 Å². The first-order valence-corrected chi connectivity index (χ1v) is 5.86. The van der Waals surface area contributed by atoms with Crippen molar-refractivity contribution < 1.29 is 4.39 Å². The molecule has 0 fully saturated rings. The molecule has 6 heteroatoms. The summed E-state index contributed by atoms with van der Waals surface area (Å²) in [4.78, 5) is 0. The van der Waals surface area contributed by atoms with Crippen molar-refractivity contribution in [3.63, 3.8) is 0 Å². The van der Waals surface area contributed by atoms with Crippen LogP contribution in [0.1, 0.15) is 22.9 Å². The maximum atomic E-state index is 13.2. The van der Waals surface area contributed by atoms with E-state index in [1.807, 2.05) is 0 Å². The first kappa shape index (κ1) is 12.2. The molecule has 0 amide bonds. The topological polar surface area (TPSA) is 56.7 Å². The Balaban J connectivity index is 2.43. The van der Waals surface area contributed by atoms with Crippen molar-refractivity contribution in [1.82, 2.24) is 15.0 Å². The highest BCUT2D eigenvalue weighted by molar-refractivity contribution is 9.10. The Morgan fingerprint density at radius 3 is 2.71 bits per heavy atom. The maximum absolute atomic E-state index is 13.2. The molecule has 1 aromatic heterocycles. The lowest BCUT2D eigenvalue weighted by atomic mass is 10.0. The monoisotopic (exact) mass is 298 g/mol. The van der Waals surface area contributed by atoms with E-state index in [-0.39, 0.29) is 11.9 Å². The first-order valence-electron chi connectivity index (χ1n) is 5.07. The Hall–Kier alpha value is -1.27. The Kier molecular flexibility index (Phi) is 3.26. The van der Waals surface area contributed by atoms with E-state index < -0.39 is 0 Å². The van der Waals surface area contributed by atoms with Gasteiger partial charge in [-0.1, -0.05) is 17.3 Å². The minimum Gasteiger partial charge on any atom is -0.319 e. The minimum atomic E-state index is -0.385. The molecule has 0 saturated heterocycles. The van der Waals surface area contributed by atoms with Crippen LogP contribution in [0.2, 0.25) is 0 Å². The number of hydrogen-bond acceptors (Lipinski definition) is 3. The quantitative estimate of drug-likeness (QED) is 0.923. The summed E-state index contributed by atoms with van der Waals surface area (Å²) in [6.45, 7) is 1.71. The molecule has 2 N–H and O–H groups in total. The predicted molar refractivity (Wildman–Crippen MR) is 65.9 cm³/mol. The number of rotatable bonds is 2. The second-order valence-corrected chi connectivity index (χ2v) is 4.63. The van der Waals surface area contributed by atoms with Crippen LogP contribution >= 0.6 is 15.9 Å². The second-order valence-electron chi connectivity index (χ2n) is 3.88. The lowest BCUT2D eigenvalue weighted by Crippen LogP contribution is -2.16. The van der Waals surface area contributed by atoms with Gasteiger partial charge in [-0.3, -0.25) is 0 Å². The van der Waals surface area contributed by atoms with Gasteiger partial charge in [-0.05, 0) is 40.0 Å². The summed E-state index contributed by atoms with van der Waals surface area (Å²) in [5.41, 5.74) is 8.29. The molecule has 0 aliphatic rings. The standard InChI is InChI=1S/C11H12BrFN4/c1-6-5-7(3-4-8(6)13)9(14)10-11(12)15-16-17(10)2/h3-5,9H,14H2,1-2H3. The molecule has 1 aromatic carbocycles. The number of aromatic nitrogens is 3. The van der Waals surface area contributed by atoms with Crippen LogP contribution in [-0.4, -0.2) is 15.0 Å². The maximum Gasteiger partial charge on any atom is 0.153 e. The zero-order valence-electron chi connectivity index (χ0n) is 9.48. The molecule has 17 heavy (non-hydrogen) atoms. The van der Waals surface area contributed by atoms with Crippen molar-refractivity contribution in [3.05, 3.63) is 45.4 Å². The van der Waals surface area contributed by atoms with Gasteiger partial charge in [0, 0.05) is 7.05 Å². The molecule has 90 valence electrons. The van der Waals surface area contributed by atoms with Crippen LogP contribution in [0.15, 0.2) is 22.8 Å². The van der Waals surface area contributed by atoms with Crippen molar-refractivity contribution in [2.24, 2.45) is 12.8 Å². The Morgan fingerprint density at radius 2 is 2.18 bits per heavy atom. The highest BCUT2D eigenvalue weighted by Crippen LogP contribution is 2.25. The van der Waals surface area contributed by atoms with E-state index in [9.17, 15) is 4.39 Å². The van der Waals surface area contributed by atoms with Crippen molar-refractivity contribution in [1.29, 1.82) is 0 Å². The van der Waals surface area contributed by atoms with E-state index in [1.54, 1.807) is 30.8 Å². The van der Waals surface area contributed by atoms with Gasteiger partial charge in [-0.2, -0.15) is 0 Å². The number of nitrogens with two attached hydrogens (primary N) is 1. The smallest absolute Gasteiger partial charge is 0.153 e. The third-order valence-corrected chi connectivity index (χ3v) is 3.23. The first-order chi connectivity index (χ1) is 8.00. The van der Waals surface area contributed by atoms with Gasteiger partial charge in [-0.25, -0.2) is 9.07 Å². The van der Waals surface area contributed by atoms with E-state index in [2.05, 4.69) is 26.2 Å². The van der Waals surface area contributed by atoms with Crippen molar-refractivity contribution in [3.8, 4) is 0 Å². The molecule has 0 aliphatic carbocycles. The van der Waals surface area contributed by atoms with E-state index >= 15 is 0 Å². The van der Waals surface area contributed by atoms with Crippen molar-refractivity contribution >= 4 is 15.9 Å². The minimum absolute atomic E-state index is 0.233. The third kappa shape index (κ3) is 2.23. The van der Waals surface area contributed by atoms with Gasteiger partial charge in [0.05, 0.1) is 11.7 Å². The van der Waals surface area contributed by atoms with Crippen LogP contribution < -0.4 is 5.73 Å². The normalized spacial score (nSPS) is 12.8. The van der Waals surface area contributed by atoms with Crippen LogP contribution in [-0.2, 0) is 7.05 Å². The number of hydrogen-bond donors (Lipinski definition) is 1. The molecule has 4 nitrogen and oxygen atoms in total. The molecule has 2 aromatic rings. The Bertz CT molecular complexity index is 533. The van der Waals surface area contributed by atoms with Gasteiger partial charge in [0.25, 0.3) is 0 Å². The molecule has 1 heterocycles. The molecule has 1 atom stereocenters. The highest BCUT2D eigenvalue weighted by atomic mass is 79.9. The number of nitrogens with zero attached hydrogens (tertiary/aromatic N) is 3. The lowest BCUT2D eigenvalue weighted by Gasteiger charge is -2.13. The van der Waals surface area contributed by atoms with Gasteiger partial charge in [0.2, 0.25) is 0 Å². The van der Waals surface area contributed by atoms with Crippen LogP contribution in [0, 0.1) is 12.7 Å². The summed E-state index contributed by atoms with van der Waals surface area (Å²) in [5, 5.41) is 7.75. The molecular weight excluding hydrogens is 287 g/mol. The number of halogens is 2. The average molecular weight is 299 g/mol. The number of benzene rings is 1. The Labute approximate surface area is 107 Å². The molecule has 0 aliphatic heterocycles. The van der Waals surface area contributed by atoms with Crippen molar-refractivity contribution in [2.45, 2.75) is 13.0 Å². The fourth-order valence-electron chi connectivity index (χ4n) is 1.69. The molecule has 1 unspecified atom stereocenters. The number of aryl methyl sites for hydroxylation is 2. The van der Waals surface area contributed by atoms with Crippen LogP contribution in [0.25, 0.3) is 0 Å². The third-order valence-electron chi connectivity index (χ3n) is 2.66. The van der Waals surface area contributed by atoms with Gasteiger partial charge in [-0.15, -0.1) is 5.10 Å². The SMILES string of the molecule is Cc1cc(C(N)c2c(Br)nnn2C)ccc1F. The van der Waals surface area contributed by atoms with E-state index in [0.717, 1.165) is 11.3 Å². The molecule has 0 radical (unpaired) electrons. The summed E-state index contributed by atoms with van der Waals surface area (Å²) >= 11 is 3.30. The van der Waals surface area contributed by atoms with Gasteiger partial charge in [0.1, 0.15) is 5.82 Å². The summed E-state index contributed by atoms with van der Waals surface area (Å²) in [7, 11) is 1.77. The zero-order valence-corrected chi connectivity index (χ0v) is 11.1. The van der Waals surface area contributed by atoms with E-state index in [0.29, 0.717) is 10.2 Å². The lowest BCUT2D eigenvalue weighted by molar-refractivity contribution is 0.614. The van der Waals surface area contributed by atoms with Gasteiger partial charge < -0.3 is 5.73 Å². The average Bonchev–Trinajstić information content (AvgIpc) is 2.62. The largest absolute Gasteiger partial charge is 0.319 e. The second kappa shape index (κ2) is 4.54. The molecule has 0 spiro atoms. The zero-order chi connectivity index (χ0) is 12.6. The predicted octanol–water partition coefficient (Wildman–Crippen LogP) is 2.07.